The largest absolute Gasteiger partial charge is 0.466 e. The van der Waals surface area contributed by atoms with E-state index in [2.05, 4.69) is 53.7 Å². The molecule has 2 aliphatic rings. The van der Waals surface area contributed by atoms with Crippen LogP contribution < -0.4 is 0 Å². The molecule has 0 bridgehead atoms. The van der Waals surface area contributed by atoms with Crippen molar-refractivity contribution in [3.05, 3.63) is 47.7 Å². The highest BCUT2D eigenvalue weighted by Crippen LogP contribution is 2.47. The highest BCUT2D eigenvalue weighted by Gasteiger charge is 2.52. The lowest BCUT2D eigenvalue weighted by Gasteiger charge is -2.50. The van der Waals surface area contributed by atoms with Crippen molar-refractivity contribution in [2.24, 2.45) is 0 Å². The molecular formula is C28H44O5Si. The first-order valence-corrected chi connectivity index (χ1v) is 15.1. The zero-order chi connectivity index (χ0) is 24.9. The first kappa shape index (κ1) is 27.1. The molecule has 190 valence electrons. The topological polar surface area (TPSA) is 54.0 Å². The number of carbonyl (C=O) groups is 1. The third-order valence-electron chi connectivity index (χ3n) is 7.37. The van der Waals surface area contributed by atoms with Crippen molar-refractivity contribution in [2.45, 2.75) is 115 Å². The second-order valence-electron chi connectivity index (χ2n) is 11.0. The van der Waals surface area contributed by atoms with E-state index in [-0.39, 0.29) is 24.4 Å². The van der Waals surface area contributed by atoms with Crippen molar-refractivity contribution in [1.29, 1.82) is 0 Å². The summed E-state index contributed by atoms with van der Waals surface area (Å²) < 4.78 is 25.9. The Bertz CT molecular complexity index is 813. The SMILES string of the molecule is CC1=CC(=O)C[C@@]2(C[C@@H](O[Si](C(C)C)(C(C)C)C(C)C)C[C@H](CCOCc3ccccc3)O2)O1. The minimum atomic E-state index is -2.08. The van der Waals surface area contributed by atoms with Gasteiger partial charge in [0.05, 0.1) is 25.2 Å². The zero-order valence-corrected chi connectivity index (χ0v) is 23.1. The molecule has 0 aromatic heterocycles. The maximum absolute atomic E-state index is 12.5. The minimum absolute atomic E-state index is 0.00504. The predicted molar refractivity (Wildman–Crippen MR) is 138 cm³/mol. The van der Waals surface area contributed by atoms with Crippen LogP contribution in [0.3, 0.4) is 0 Å². The highest BCUT2D eigenvalue weighted by molar-refractivity contribution is 6.77. The van der Waals surface area contributed by atoms with Gasteiger partial charge in [0.1, 0.15) is 5.76 Å². The lowest BCUT2D eigenvalue weighted by molar-refractivity contribution is -0.282. The molecule has 3 rings (SSSR count). The molecule has 1 fully saturated rings. The molecule has 2 aliphatic heterocycles. The van der Waals surface area contributed by atoms with E-state index in [4.69, 9.17) is 18.6 Å². The van der Waals surface area contributed by atoms with E-state index < -0.39 is 14.1 Å². The number of hydrogen-bond acceptors (Lipinski definition) is 5. The summed E-state index contributed by atoms with van der Waals surface area (Å²) in [5, 5.41) is 0. The monoisotopic (exact) mass is 488 g/mol. The number of carbonyl (C=O) groups excluding carboxylic acids is 1. The van der Waals surface area contributed by atoms with Gasteiger partial charge in [-0.05, 0) is 42.0 Å². The molecule has 34 heavy (non-hydrogen) atoms. The van der Waals surface area contributed by atoms with E-state index in [0.29, 0.717) is 42.0 Å². The Hall–Kier alpha value is -1.47. The van der Waals surface area contributed by atoms with Crippen molar-refractivity contribution in [3.8, 4) is 0 Å². The molecule has 5 nitrogen and oxygen atoms in total. The van der Waals surface area contributed by atoms with E-state index in [0.717, 1.165) is 18.4 Å². The van der Waals surface area contributed by atoms with Gasteiger partial charge in [0.15, 0.2) is 5.78 Å². The smallest absolute Gasteiger partial charge is 0.220 e. The minimum Gasteiger partial charge on any atom is -0.466 e. The van der Waals surface area contributed by atoms with Crippen LogP contribution in [-0.4, -0.2) is 38.7 Å². The standard InChI is InChI=1S/C28H44O5Si/c1-20(2)34(21(3)4,22(5)6)33-27-16-26(13-14-30-19-24-11-9-8-10-12-24)32-28(18-27)17-25(29)15-23(7)31-28/h8-12,15,20-22,26-27H,13-14,16-19H2,1-7H3/t26-,27-,28+/m0/s1. The molecule has 0 amide bonds. The molecule has 0 saturated carbocycles. The molecule has 1 aromatic carbocycles. The Labute approximate surface area is 207 Å². The summed E-state index contributed by atoms with van der Waals surface area (Å²) in [6, 6.07) is 10.2. The molecule has 0 unspecified atom stereocenters. The first-order valence-electron chi connectivity index (χ1n) is 12.9. The number of ether oxygens (including phenoxy) is 3. The number of rotatable bonds is 10. The third kappa shape index (κ3) is 6.39. The van der Waals surface area contributed by atoms with Crippen molar-refractivity contribution in [2.75, 3.05) is 6.61 Å². The fourth-order valence-corrected chi connectivity index (χ4v) is 11.7. The van der Waals surface area contributed by atoms with Gasteiger partial charge in [-0.2, -0.15) is 0 Å². The average Bonchev–Trinajstić information content (AvgIpc) is 2.74. The molecule has 0 radical (unpaired) electrons. The Kier molecular flexibility index (Phi) is 9.18. The molecule has 1 saturated heterocycles. The Balaban J connectivity index is 1.75. The van der Waals surface area contributed by atoms with Crippen molar-refractivity contribution >= 4 is 14.1 Å². The normalized spacial score (nSPS) is 25.8. The molecular weight excluding hydrogens is 444 g/mol. The molecule has 1 spiro atoms. The summed E-state index contributed by atoms with van der Waals surface area (Å²) in [5.41, 5.74) is 2.65. The molecule has 0 aliphatic carbocycles. The fourth-order valence-electron chi connectivity index (χ4n) is 6.15. The van der Waals surface area contributed by atoms with Crippen LogP contribution in [0.15, 0.2) is 42.2 Å². The van der Waals surface area contributed by atoms with Crippen LogP contribution in [-0.2, 0) is 30.0 Å². The molecule has 1 aromatic rings. The van der Waals surface area contributed by atoms with Gasteiger partial charge in [-0.25, -0.2) is 0 Å². The van der Waals surface area contributed by atoms with E-state index in [1.807, 2.05) is 25.1 Å². The van der Waals surface area contributed by atoms with Crippen LogP contribution in [0.5, 0.6) is 0 Å². The summed E-state index contributed by atoms with van der Waals surface area (Å²) in [6.45, 7) is 16.9. The van der Waals surface area contributed by atoms with Gasteiger partial charge in [-0.3, -0.25) is 4.79 Å². The van der Waals surface area contributed by atoms with Crippen LogP contribution in [0.4, 0.5) is 0 Å². The Morgan fingerprint density at radius 1 is 1.06 bits per heavy atom. The summed E-state index contributed by atoms with van der Waals surface area (Å²) in [4.78, 5) is 12.5. The van der Waals surface area contributed by atoms with Gasteiger partial charge in [-0.1, -0.05) is 71.9 Å². The van der Waals surface area contributed by atoms with E-state index in [1.54, 1.807) is 6.08 Å². The van der Waals surface area contributed by atoms with E-state index in [9.17, 15) is 4.79 Å². The van der Waals surface area contributed by atoms with E-state index >= 15 is 0 Å². The third-order valence-corrected chi connectivity index (χ3v) is 13.5. The number of hydrogen-bond donors (Lipinski definition) is 0. The Morgan fingerprint density at radius 2 is 1.71 bits per heavy atom. The first-order chi connectivity index (χ1) is 16.1. The van der Waals surface area contributed by atoms with Gasteiger partial charge < -0.3 is 18.6 Å². The van der Waals surface area contributed by atoms with Gasteiger partial charge in [0.25, 0.3) is 0 Å². The summed E-state index contributed by atoms with van der Waals surface area (Å²) in [5.74, 6) is -0.256. The second kappa shape index (κ2) is 11.5. The maximum atomic E-state index is 12.5. The number of benzene rings is 1. The van der Waals surface area contributed by atoms with Crippen molar-refractivity contribution in [1.82, 2.24) is 0 Å². The molecule has 2 heterocycles. The average molecular weight is 489 g/mol. The van der Waals surface area contributed by atoms with Crippen LogP contribution in [0.1, 0.15) is 79.7 Å². The number of allylic oxidation sites excluding steroid dienone is 2. The van der Waals surface area contributed by atoms with Crippen LogP contribution in [0.25, 0.3) is 0 Å². The summed E-state index contributed by atoms with van der Waals surface area (Å²) >= 11 is 0. The zero-order valence-electron chi connectivity index (χ0n) is 22.1. The van der Waals surface area contributed by atoms with E-state index in [1.165, 1.54) is 0 Å². The second-order valence-corrected chi connectivity index (χ2v) is 16.4. The quantitative estimate of drug-likeness (QED) is 0.264. The maximum Gasteiger partial charge on any atom is 0.220 e. The summed E-state index contributed by atoms with van der Waals surface area (Å²) in [6.07, 6.45) is 3.88. The van der Waals surface area contributed by atoms with Gasteiger partial charge in [-0.15, -0.1) is 0 Å². The van der Waals surface area contributed by atoms with Crippen LogP contribution in [0, 0.1) is 0 Å². The van der Waals surface area contributed by atoms with Gasteiger partial charge in [0, 0.05) is 19.1 Å². The van der Waals surface area contributed by atoms with Gasteiger partial charge in [0.2, 0.25) is 14.1 Å². The molecule has 0 N–H and O–H groups in total. The van der Waals surface area contributed by atoms with Crippen LogP contribution in [0.2, 0.25) is 16.6 Å². The van der Waals surface area contributed by atoms with Gasteiger partial charge >= 0.3 is 0 Å². The van der Waals surface area contributed by atoms with Crippen molar-refractivity contribution < 1.29 is 23.4 Å². The Morgan fingerprint density at radius 3 is 2.29 bits per heavy atom. The molecule has 3 atom stereocenters. The lowest BCUT2D eigenvalue weighted by Crippen LogP contribution is -2.56. The summed E-state index contributed by atoms with van der Waals surface area (Å²) in [7, 11) is -2.08. The van der Waals surface area contributed by atoms with Crippen LogP contribution >= 0.6 is 0 Å². The molecule has 6 heteroatoms. The number of ketones is 1. The lowest BCUT2D eigenvalue weighted by atomic mass is 9.92. The fraction of sp³-hybridized carbons (Fsp3) is 0.679. The predicted octanol–water partition coefficient (Wildman–Crippen LogP) is 6.92. The highest BCUT2D eigenvalue weighted by atomic mass is 28.4. The van der Waals surface area contributed by atoms with Crippen molar-refractivity contribution in [3.63, 3.8) is 0 Å².